The van der Waals surface area contributed by atoms with E-state index < -0.39 is 4.92 Å². The van der Waals surface area contributed by atoms with E-state index in [0.29, 0.717) is 10.8 Å². The lowest BCUT2D eigenvalue weighted by atomic mass is 10.3. The third-order valence-corrected chi connectivity index (χ3v) is 3.57. The smallest absolute Gasteiger partial charge is 0.269 e. The van der Waals surface area contributed by atoms with Crippen molar-refractivity contribution in [2.24, 2.45) is 0 Å². The summed E-state index contributed by atoms with van der Waals surface area (Å²) in [6.07, 6.45) is 1.60. The summed E-state index contributed by atoms with van der Waals surface area (Å²) in [5, 5.41) is 24.6. The third kappa shape index (κ3) is 2.97. The van der Waals surface area contributed by atoms with Crippen molar-refractivity contribution in [1.82, 2.24) is 4.98 Å². The lowest BCUT2D eigenvalue weighted by molar-refractivity contribution is -0.384. The number of aromatic nitrogens is 1. The molecule has 0 atom stereocenters. The molecule has 2 aromatic rings. The number of nitro benzene ring substituents is 1. The largest absolute Gasteiger partial charge is 0.332 e. The quantitative estimate of drug-likeness (QED) is 0.399. The van der Waals surface area contributed by atoms with Crippen molar-refractivity contribution in [1.29, 1.82) is 5.26 Å². The number of nitriles is 1. The maximum atomic E-state index is 10.5. The summed E-state index contributed by atoms with van der Waals surface area (Å²) in [7, 11) is 0. The Hall–Kier alpha value is -2.11. The van der Waals surface area contributed by atoms with E-state index in [4.69, 9.17) is 5.26 Å². The lowest BCUT2D eigenvalue weighted by Gasteiger charge is -2.00. The zero-order chi connectivity index (χ0) is 13.0. The minimum atomic E-state index is -0.450. The van der Waals surface area contributed by atoms with E-state index in [9.17, 15) is 10.1 Å². The number of nitro groups is 1. The molecule has 1 heterocycles. The first-order chi connectivity index (χ1) is 8.69. The fourth-order valence-corrected chi connectivity index (χ4v) is 2.48. The van der Waals surface area contributed by atoms with Crippen LogP contribution < -0.4 is 5.32 Å². The molecular formula is C10H6N4O2S2. The van der Waals surface area contributed by atoms with Crippen molar-refractivity contribution in [3.05, 3.63) is 40.6 Å². The van der Waals surface area contributed by atoms with Crippen LogP contribution in [0, 0.1) is 20.8 Å². The van der Waals surface area contributed by atoms with Gasteiger partial charge in [-0.2, -0.15) is 5.26 Å². The Morgan fingerprint density at radius 1 is 1.44 bits per heavy atom. The van der Waals surface area contributed by atoms with Crippen LogP contribution in [0.2, 0.25) is 0 Å². The van der Waals surface area contributed by atoms with Gasteiger partial charge in [-0.05, 0) is 12.1 Å². The Kier molecular flexibility index (Phi) is 3.76. The Balaban J connectivity index is 2.08. The van der Waals surface area contributed by atoms with Gasteiger partial charge in [0.25, 0.3) is 5.69 Å². The number of nitrogens with one attached hydrogen (secondary N) is 1. The van der Waals surface area contributed by atoms with Gasteiger partial charge in [0.1, 0.15) is 5.40 Å². The number of thiocyanates is 1. The van der Waals surface area contributed by atoms with Gasteiger partial charge in [0.2, 0.25) is 0 Å². The molecule has 0 aliphatic rings. The number of hydrogen-bond donors (Lipinski definition) is 1. The maximum absolute atomic E-state index is 10.5. The molecule has 0 aliphatic heterocycles. The topological polar surface area (TPSA) is 91.8 Å². The number of rotatable bonds is 4. The first-order valence-corrected chi connectivity index (χ1v) is 6.35. The summed E-state index contributed by atoms with van der Waals surface area (Å²) < 4.78 is 0.793. The van der Waals surface area contributed by atoms with Crippen LogP contribution in [0.4, 0.5) is 16.5 Å². The van der Waals surface area contributed by atoms with Crippen molar-refractivity contribution >= 4 is 39.6 Å². The summed E-state index contributed by atoms with van der Waals surface area (Å²) in [5.74, 6) is 0. The number of thioether (sulfide) groups is 1. The van der Waals surface area contributed by atoms with Crippen molar-refractivity contribution in [2.75, 3.05) is 5.32 Å². The van der Waals surface area contributed by atoms with Crippen LogP contribution in [-0.4, -0.2) is 9.91 Å². The van der Waals surface area contributed by atoms with E-state index >= 15 is 0 Å². The molecule has 0 fully saturated rings. The van der Waals surface area contributed by atoms with Gasteiger partial charge < -0.3 is 5.32 Å². The Morgan fingerprint density at radius 3 is 2.78 bits per heavy atom. The predicted molar refractivity (Wildman–Crippen MR) is 70.0 cm³/mol. The molecule has 0 radical (unpaired) electrons. The Labute approximate surface area is 110 Å². The number of nitrogens with zero attached hydrogens (tertiary/aromatic N) is 3. The van der Waals surface area contributed by atoms with Gasteiger partial charge >= 0.3 is 0 Å². The van der Waals surface area contributed by atoms with Gasteiger partial charge in [0.15, 0.2) is 5.13 Å². The zero-order valence-corrected chi connectivity index (χ0v) is 10.5. The summed E-state index contributed by atoms with van der Waals surface area (Å²) in [6, 6.07) is 6.05. The highest BCUT2D eigenvalue weighted by Crippen LogP contribution is 2.29. The molecule has 1 N–H and O–H groups in total. The van der Waals surface area contributed by atoms with Gasteiger partial charge in [-0.1, -0.05) is 11.3 Å². The number of hydrogen-bond acceptors (Lipinski definition) is 7. The van der Waals surface area contributed by atoms with E-state index in [1.54, 1.807) is 18.3 Å². The fourth-order valence-electron chi connectivity index (χ4n) is 1.20. The van der Waals surface area contributed by atoms with Gasteiger partial charge in [-0.15, -0.1) is 0 Å². The molecule has 6 nitrogen and oxygen atoms in total. The van der Waals surface area contributed by atoms with Crippen LogP contribution in [0.3, 0.4) is 0 Å². The van der Waals surface area contributed by atoms with Crippen molar-refractivity contribution in [3.63, 3.8) is 0 Å². The monoisotopic (exact) mass is 278 g/mol. The summed E-state index contributed by atoms with van der Waals surface area (Å²) in [6.45, 7) is 0. The molecule has 0 aliphatic carbocycles. The molecule has 8 heteroatoms. The highest BCUT2D eigenvalue weighted by Gasteiger charge is 2.06. The molecule has 2 rings (SSSR count). The van der Waals surface area contributed by atoms with Crippen LogP contribution in [-0.2, 0) is 0 Å². The summed E-state index contributed by atoms with van der Waals surface area (Å²) in [5.41, 5.74) is 0.754. The van der Waals surface area contributed by atoms with Gasteiger partial charge in [-0.25, -0.2) is 4.98 Å². The Bertz CT molecular complexity index is 603. The molecule has 0 bridgehead atoms. The molecule has 0 saturated heterocycles. The first kappa shape index (κ1) is 12.3. The first-order valence-electron chi connectivity index (χ1n) is 4.72. The number of thiazole rings is 1. The predicted octanol–water partition coefficient (Wildman–Crippen LogP) is 3.37. The highest BCUT2D eigenvalue weighted by atomic mass is 32.2. The van der Waals surface area contributed by atoms with Crippen LogP contribution in [0.25, 0.3) is 0 Å². The van der Waals surface area contributed by atoms with E-state index in [1.807, 2.05) is 5.40 Å². The molecule has 0 saturated carbocycles. The molecule has 18 heavy (non-hydrogen) atoms. The second kappa shape index (κ2) is 5.48. The molecule has 0 amide bonds. The normalized spacial score (nSPS) is 9.72. The molecule has 1 aromatic carbocycles. The molecular weight excluding hydrogens is 272 g/mol. The molecule has 0 unspecified atom stereocenters. The average Bonchev–Trinajstić information content (AvgIpc) is 2.78. The lowest BCUT2D eigenvalue weighted by Crippen LogP contribution is -1.90. The SMILES string of the molecule is N#CSc1cnc(Nc2ccc([N+](=O)[O-])cc2)s1. The van der Waals surface area contributed by atoms with E-state index in [1.165, 1.54) is 23.5 Å². The van der Waals surface area contributed by atoms with Gasteiger partial charge in [0, 0.05) is 29.6 Å². The van der Waals surface area contributed by atoms with Gasteiger partial charge in [0.05, 0.1) is 15.3 Å². The third-order valence-electron chi connectivity index (χ3n) is 1.96. The minimum Gasteiger partial charge on any atom is -0.332 e. The highest BCUT2D eigenvalue weighted by molar-refractivity contribution is 8.05. The standard InChI is InChI=1S/C10H6N4O2S2/c11-6-17-9-5-12-10(18-9)13-7-1-3-8(4-2-7)14(15)16/h1-5H,(H,12,13). The fraction of sp³-hybridized carbons (Fsp3) is 0. The van der Waals surface area contributed by atoms with Crippen LogP contribution in [0.1, 0.15) is 0 Å². The van der Waals surface area contributed by atoms with Crippen molar-refractivity contribution in [3.8, 4) is 5.40 Å². The van der Waals surface area contributed by atoms with Crippen molar-refractivity contribution < 1.29 is 4.92 Å². The zero-order valence-electron chi connectivity index (χ0n) is 8.86. The summed E-state index contributed by atoms with van der Waals surface area (Å²) >= 11 is 2.39. The molecule has 90 valence electrons. The second-order valence-electron chi connectivity index (χ2n) is 3.11. The van der Waals surface area contributed by atoms with Crippen LogP contribution in [0.5, 0.6) is 0 Å². The van der Waals surface area contributed by atoms with E-state index in [2.05, 4.69) is 10.3 Å². The summed E-state index contributed by atoms with van der Waals surface area (Å²) in [4.78, 5) is 14.1. The van der Waals surface area contributed by atoms with Crippen LogP contribution >= 0.6 is 23.1 Å². The number of benzene rings is 1. The molecule has 1 aromatic heterocycles. The number of anilines is 2. The van der Waals surface area contributed by atoms with E-state index in [0.717, 1.165) is 16.0 Å². The maximum Gasteiger partial charge on any atom is 0.269 e. The average molecular weight is 278 g/mol. The van der Waals surface area contributed by atoms with Gasteiger partial charge in [-0.3, -0.25) is 10.1 Å². The Morgan fingerprint density at radius 2 is 2.17 bits per heavy atom. The minimum absolute atomic E-state index is 0.0420. The number of non-ortho nitro benzene ring substituents is 1. The van der Waals surface area contributed by atoms with Crippen LogP contribution in [0.15, 0.2) is 34.7 Å². The second-order valence-corrected chi connectivity index (χ2v) is 5.22. The van der Waals surface area contributed by atoms with E-state index in [-0.39, 0.29) is 5.69 Å². The van der Waals surface area contributed by atoms with Crippen molar-refractivity contribution in [2.45, 2.75) is 4.21 Å². The molecule has 0 spiro atoms.